The Balaban J connectivity index is 3.70. The molecule has 0 bridgehead atoms. The van der Waals surface area contributed by atoms with Crippen molar-refractivity contribution in [1.29, 1.82) is 0 Å². The van der Waals surface area contributed by atoms with Crippen LogP contribution in [0.2, 0.25) is 0 Å². The summed E-state index contributed by atoms with van der Waals surface area (Å²) in [6.07, 6.45) is 40.3. The monoisotopic (exact) mass is 588 g/mol. The Morgan fingerprint density at radius 1 is 0.548 bits per heavy atom. The zero-order valence-corrected chi connectivity index (χ0v) is 27.2. The van der Waals surface area contributed by atoms with Gasteiger partial charge in [0.2, 0.25) is 0 Å². The summed E-state index contributed by atoms with van der Waals surface area (Å²) in [4.78, 5) is 24.1. The third kappa shape index (κ3) is 30.8. The van der Waals surface area contributed by atoms with E-state index in [2.05, 4.69) is 62.5 Å². The molecule has 0 fully saturated rings. The van der Waals surface area contributed by atoms with Crippen molar-refractivity contribution in [2.24, 2.45) is 0 Å². The van der Waals surface area contributed by atoms with E-state index in [9.17, 15) is 14.7 Å². The molecular formula is C37H64O5. The average Bonchev–Trinajstić information content (AvgIpc) is 2.99. The number of ether oxygens (including phenoxy) is 2. The van der Waals surface area contributed by atoms with E-state index in [1.165, 1.54) is 77.0 Å². The summed E-state index contributed by atoms with van der Waals surface area (Å²) >= 11 is 0. The van der Waals surface area contributed by atoms with Crippen LogP contribution >= 0.6 is 0 Å². The van der Waals surface area contributed by atoms with E-state index in [1.54, 1.807) is 0 Å². The molecule has 0 saturated carbocycles. The topological polar surface area (TPSA) is 72.8 Å². The van der Waals surface area contributed by atoms with Crippen molar-refractivity contribution in [3.63, 3.8) is 0 Å². The Kier molecular flexibility index (Phi) is 31.7. The van der Waals surface area contributed by atoms with E-state index < -0.39 is 6.10 Å². The van der Waals surface area contributed by atoms with Crippen LogP contribution in [0.1, 0.15) is 155 Å². The summed E-state index contributed by atoms with van der Waals surface area (Å²) in [5.74, 6) is -0.668. The second kappa shape index (κ2) is 33.4. The van der Waals surface area contributed by atoms with E-state index in [0.717, 1.165) is 44.9 Å². The molecular weight excluding hydrogens is 524 g/mol. The minimum atomic E-state index is -0.793. The van der Waals surface area contributed by atoms with Crippen LogP contribution in [0.5, 0.6) is 0 Å². The van der Waals surface area contributed by atoms with Crippen LogP contribution in [0.15, 0.2) is 48.6 Å². The molecule has 0 heterocycles. The van der Waals surface area contributed by atoms with Gasteiger partial charge in [0, 0.05) is 12.8 Å². The Morgan fingerprint density at radius 2 is 1.00 bits per heavy atom. The number of aliphatic hydroxyl groups is 1. The molecule has 0 aliphatic heterocycles. The number of unbranched alkanes of at least 4 members (excludes halogenated alkanes) is 14. The smallest absolute Gasteiger partial charge is 0.306 e. The first-order valence-electron chi connectivity index (χ1n) is 17.2. The maximum absolute atomic E-state index is 12.1. The minimum absolute atomic E-state index is 0.0963. The van der Waals surface area contributed by atoms with Gasteiger partial charge in [-0.15, -0.1) is 0 Å². The molecule has 0 saturated heterocycles. The molecule has 1 N–H and O–H groups in total. The van der Waals surface area contributed by atoms with Gasteiger partial charge in [-0.25, -0.2) is 0 Å². The molecule has 0 aliphatic rings. The van der Waals surface area contributed by atoms with Gasteiger partial charge in [0.05, 0.1) is 6.61 Å². The van der Waals surface area contributed by atoms with Crippen LogP contribution in [0.4, 0.5) is 0 Å². The van der Waals surface area contributed by atoms with Crippen LogP contribution < -0.4 is 0 Å². The summed E-state index contributed by atoms with van der Waals surface area (Å²) in [5, 5.41) is 9.49. The third-order valence-electron chi connectivity index (χ3n) is 7.10. The predicted octanol–water partition coefficient (Wildman–Crippen LogP) is 10.3. The highest BCUT2D eigenvalue weighted by Gasteiger charge is 2.15. The zero-order valence-electron chi connectivity index (χ0n) is 27.2. The fourth-order valence-corrected chi connectivity index (χ4v) is 4.43. The number of hydrogen-bond acceptors (Lipinski definition) is 5. The van der Waals surface area contributed by atoms with Crippen LogP contribution in [0.25, 0.3) is 0 Å². The number of rotatable bonds is 30. The van der Waals surface area contributed by atoms with Gasteiger partial charge in [0.1, 0.15) is 6.61 Å². The van der Waals surface area contributed by atoms with Crippen molar-refractivity contribution in [1.82, 2.24) is 0 Å². The molecule has 0 spiro atoms. The molecule has 1 atom stereocenters. The molecule has 242 valence electrons. The summed E-state index contributed by atoms with van der Waals surface area (Å²) in [7, 11) is 0. The molecule has 42 heavy (non-hydrogen) atoms. The second-order valence-electron chi connectivity index (χ2n) is 11.2. The molecule has 0 aliphatic carbocycles. The first-order chi connectivity index (χ1) is 20.6. The molecule has 0 aromatic carbocycles. The first kappa shape index (κ1) is 39.9. The van der Waals surface area contributed by atoms with Crippen LogP contribution in [-0.4, -0.2) is 36.4 Å². The van der Waals surface area contributed by atoms with Crippen molar-refractivity contribution in [2.75, 3.05) is 13.2 Å². The van der Waals surface area contributed by atoms with E-state index in [4.69, 9.17) is 9.47 Å². The third-order valence-corrected chi connectivity index (χ3v) is 7.10. The standard InChI is InChI=1S/C37H64O5/c1-3-5-7-9-11-13-15-16-17-18-19-20-22-23-25-27-29-31-36(39)41-34-35(33-38)42-37(40)32-30-28-26-24-21-14-12-10-8-6-4-2/h10,12,16-17,19-20,23,25,35,38H,3-9,11,13-15,18,21-22,24,26-34H2,1-2H3. The first-order valence-corrected chi connectivity index (χ1v) is 17.2. The van der Waals surface area contributed by atoms with Gasteiger partial charge in [-0.1, -0.05) is 127 Å². The lowest BCUT2D eigenvalue weighted by Crippen LogP contribution is -2.28. The van der Waals surface area contributed by atoms with Crippen molar-refractivity contribution in [3.05, 3.63) is 48.6 Å². The Labute approximate surface area is 258 Å². The lowest BCUT2D eigenvalue weighted by atomic mass is 10.1. The van der Waals surface area contributed by atoms with Crippen LogP contribution in [-0.2, 0) is 19.1 Å². The van der Waals surface area contributed by atoms with E-state index in [0.29, 0.717) is 19.3 Å². The van der Waals surface area contributed by atoms with Gasteiger partial charge in [0.15, 0.2) is 6.10 Å². The molecule has 0 aromatic heterocycles. The van der Waals surface area contributed by atoms with E-state index >= 15 is 0 Å². The zero-order chi connectivity index (χ0) is 30.8. The summed E-state index contributed by atoms with van der Waals surface area (Å²) < 4.78 is 10.5. The summed E-state index contributed by atoms with van der Waals surface area (Å²) in [6, 6.07) is 0. The quantitative estimate of drug-likeness (QED) is 0.0513. The molecule has 5 nitrogen and oxygen atoms in total. The number of carbonyl (C=O) groups excluding carboxylic acids is 2. The minimum Gasteiger partial charge on any atom is -0.462 e. The van der Waals surface area contributed by atoms with Crippen LogP contribution in [0, 0.1) is 0 Å². The lowest BCUT2D eigenvalue weighted by Gasteiger charge is -2.15. The molecule has 5 heteroatoms. The number of hydrogen-bond donors (Lipinski definition) is 1. The predicted molar refractivity (Wildman–Crippen MR) is 177 cm³/mol. The molecule has 0 rings (SSSR count). The maximum atomic E-state index is 12.1. The fourth-order valence-electron chi connectivity index (χ4n) is 4.43. The average molecular weight is 589 g/mol. The van der Waals surface area contributed by atoms with Crippen LogP contribution in [0.3, 0.4) is 0 Å². The Bertz CT molecular complexity index is 722. The Hall–Kier alpha value is -2.14. The number of aliphatic hydroxyl groups excluding tert-OH is 1. The highest BCUT2D eigenvalue weighted by atomic mass is 16.6. The van der Waals surface area contributed by atoms with Gasteiger partial charge in [0.25, 0.3) is 0 Å². The highest BCUT2D eigenvalue weighted by molar-refractivity contribution is 5.70. The Morgan fingerprint density at radius 3 is 1.60 bits per heavy atom. The van der Waals surface area contributed by atoms with Crippen molar-refractivity contribution in [2.45, 2.75) is 161 Å². The largest absolute Gasteiger partial charge is 0.462 e. The molecule has 1 unspecified atom stereocenters. The SMILES string of the molecule is CCCCC=CCCCCCCCC(=O)OC(CO)COC(=O)CCCC=CCC=CCC=CCCCCCCCC. The fraction of sp³-hybridized carbons (Fsp3) is 0.730. The van der Waals surface area contributed by atoms with Gasteiger partial charge in [-0.05, 0) is 64.2 Å². The van der Waals surface area contributed by atoms with Gasteiger partial charge in [-0.3, -0.25) is 9.59 Å². The van der Waals surface area contributed by atoms with Gasteiger partial charge < -0.3 is 14.6 Å². The molecule has 0 radical (unpaired) electrons. The molecule has 0 aromatic rings. The lowest BCUT2D eigenvalue weighted by molar-refractivity contribution is -0.161. The number of carbonyl (C=O) groups is 2. The van der Waals surface area contributed by atoms with E-state index in [1.807, 2.05) is 0 Å². The number of allylic oxidation sites excluding steroid dienone is 8. The highest BCUT2D eigenvalue weighted by Crippen LogP contribution is 2.10. The van der Waals surface area contributed by atoms with Crippen molar-refractivity contribution >= 4 is 11.9 Å². The van der Waals surface area contributed by atoms with E-state index in [-0.39, 0.29) is 25.2 Å². The number of esters is 2. The van der Waals surface area contributed by atoms with Gasteiger partial charge in [-0.2, -0.15) is 0 Å². The van der Waals surface area contributed by atoms with Gasteiger partial charge >= 0.3 is 11.9 Å². The molecule has 0 amide bonds. The van der Waals surface area contributed by atoms with Crippen molar-refractivity contribution in [3.8, 4) is 0 Å². The second-order valence-corrected chi connectivity index (χ2v) is 11.2. The van der Waals surface area contributed by atoms with Crippen molar-refractivity contribution < 1.29 is 24.2 Å². The summed E-state index contributed by atoms with van der Waals surface area (Å²) in [5.41, 5.74) is 0. The summed E-state index contributed by atoms with van der Waals surface area (Å²) in [6.45, 7) is 4.02. The normalized spacial score (nSPS) is 12.7. The maximum Gasteiger partial charge on any atom is 0.306 e.